The number of nitrogens with one attached hydrogen (secondary N) is 2. The maximum Gasteiger partial charge on any atom is 0.242 e. The van der Waals surface area contributed by atoms with Crippen molar-refractivity contribution in [1.82, 2.24) is 10.6 Å². The van der Waals surface area contributed by atoms with Gasteiger partial charge in [-0.15, -0.1) is 0 Å². The van der Waals surface area contributed by atoms with Crippen LogP contribution in [0.5, 0.6) is 0 Å². The molecule has 0 aromatic heterocycles. The average molecular weight is 259 g/mol. The monoisotopic (exact) mass is 259 g/mol. The summed E-state index contributed by atoms with van der Waals surface area (Å²) < 4.78 is 4.81. The van der Waals surface area contributed by atoms with E-state index in [0.717, 1.165) is 0 Å². The van der Waals surface area contributed by atoms with E-state index in [1.54, 1.807) is 14.0 Å². The van der Waals surface area contributed by atoms with Gasteiger partial charge in [-0.1, -0.05) is 20.8 Å². The predicted molar refractivity (Wildman–Crippen MR) is 69.9 cm³/mol. The zero-order valence-corrected chi connectivity index (χ0v) is 11.9. The molecule has 0 aliphatic carbocycles. The number of hydrogen-bond donors (Lipinski definition) is 3. The minimum atomic E-state index is -0.647. The molecule has 0 saturated carbocycles. The first-order valence-electron chi connectivity index (χ1n) is 6.02. The van der Waals surface area contributed by atoms with Crippen molar-refractivity contribution in [2.24, 2.45) is 11.1 Å². The van der Waals surface area contributed by atoms with Crippen LogP contribution in [0, 0.1) is 5.41 Å². The maximum absolute atomic E-state index is 11.8. The summed E-state index contributed by atoms with van der Waals surface area (Å²) in [4.78, 5) is 23.4. The molecule has 2 amide bonds. The number of hydrogen-bond acceptors (Lipinski definition) is 4. The fourth-order valence-electron chi connectivity index (χ4n) is 1.19. The highest BCUT2D eigenvalue weighted by Crippen LogP contribution is 2.17. The van der Waals surface area contributed by atoms with E-state index >= 15 is 0 Å². The molecule has 0 rings (SSSR count). The molecule has 0 fully saturated rings. The summed E-state index contributed by atoms with van der Waals surface area (Å²) in [6, 6.07) is -1.26. The summed E-state index contributed by atoms with van der Waals surface area (Å²) in [6.45, 7) is 8.10. The highest BCUT2D eigenvalue weighted by Gasteiger charge is 2.29. The molecule has 0 aliphatic heterocycles. The summed E-state index contributed by atoms with van der Waals surface area (Å²) in [5, 5.41) is 5.24. The van der Waals surface area contributed by atoms with Crippen molar-refractivity contribution in [2.45, 2.75) is 39.8 Å². The van der Waals surface area contributed by atoms with E-state index in [0.29, 0.717) is 13.2 Å². The normalized spacial score (nSPS) is 14.8. The molecule has 0 spiro atoms. The molecule has 0 radical (unpaired) electrons. The lowest BCUT2D eigenvalue weighted by Crippen LogP contribution is -2.54. The molecule has 2 atom stereocenters. The zero-order chi connectivity index (χ0) is 14.3. The summed E-state index contributed by atoms with van der Waals surface area (Å²) in [7, 11) is 1.56. The lowest BCUT2D eigenvalue weighted by Gasteiger charge is -2.27. The Bertz CT molecular complexity index is 287. The largest absolute Gasteiger partial charge is 0.383 e. The average Bonchev–Trinajstić information content (AvgIpc) is 2.26. The molecule has 18 heavy (non-hydrogen) atoms. The molecule has 0 aromatic carbocycles. The van der Waals surface area contributed by atoms with E-state index in [9.17, 15) is 9.59 Å². The van der Waals surface area contributed by atoms with Crippen molar-refractivity contribution in [3.8, 4) is 0 Å². The van der Waals surface area contributed by atoms with Crippen LogP contribution < -0.4 is 16.4 Å². The molecule has 4 N–H and O–H groups in total. The Hall–Kier alpha value is -1.14. The van der Waals surface area contributed by atoms with Crippen LogP contribution in [0.1, 0.15) is 27.7 Å². The van der Waals surface area contributed by atoms with Crippen molar-refractivity contribution >= 4 is 11.8 Å². The quantitative estimate of drug-likeness (QED) is 0.567. The molecule has 106 valence electrons. The van der Waals surface area contributed by atoms with Crippen LogP contribution in [0.25, 0.3) is 0 Å². The van der Waals surface area contributed by atoms with Crippen LogP contribution in [-0.2, 0) is 14.3 Å². The smallest absolute Gasteiger partial charge is 0.242 e. The summed E-state index contributed by atoms with van der Waals surface area (Å²) in [5.41, 5.74) is 5.46. The van der Waals surface area contributed by atoms with Gasteiger partial charge >= 0.3 is 0 Å². The van der Waals surface area contributed by atoms with Gasteiger partial charge in [0.15, 0.2) is 0 Å². The van der Waals surface area contributed by atoms with Gasteiger partial charge in [-0.2, -0.15) is 0 Å². The summed E-state index contributed by atoms with van der Waals surface area (Å²) in [6.07, 6.45) is 0. The van der Waals surface area contributed by atoms with Gasteiger partial charge in [0.25, 0.3) is 0 Å². The number of rotatable bonds is 6. The van der Waals surface area contributed by atoms with E-state index in [-0.39, 0.29) is 17.2 Å². The molecule has 0 heterocycles. The van der Waals surface area contributed by atoms with Gasteiger partial charge in [0, 0.05) is 13.7 Å². The van der Waals surface area contributed by atoms with Crippen LogP contribution >= 0.6 is 0 Å². The highest BCUT2D eigenvalue weighted by molar-refractivity contribution is 5.89. The lowest BCUT2D eigenvalue weighted by molar-refractivity contribution is -0.130. The number of carbonyl (C=O) groups excluding carboxylic acids is 2. The van der Waals surface area contributed by atoms with Crippen molar-refractivity contribution in [3.05, 3.63) is 0 Å². The first kappa shape index (κ1) is 16.9. The van der Waals surface area contributed by atoms with E-state index in [2.05, 4.69) is 10.6 Å². The second-order valence-corrected chi connectivity index (χ2v) is 5.36. The minimum absolute atomic E-state index is 0.249. The minimum Gasteiger partial charge on any atom is -0.383 e. The van der Waals surface area contributed by atoms with Crippen molar-refractivity contribution in [3.63, 3.8) is 0 Å². The molecule has 0 bridgehead atoms. The lowest BCUT2D eigenvalue weighted by atomic mass is 9.87. The molecule has 0 saturated heterocycles. The van der Waals surface area contributed by atoms with E-state index in [4.69, 9.17) is 10.5 Å². The first-order chi connectivity index (χ1) is 8.20. The standard InChI is InChI=1S/C12H25N3O3/c1-8(10(16)14-6-7-18-5)15-11(17)9(13)12(2,3)4/h8-9H,6-7,13H2,1-5H3,(H,14,16)(H,15,17). The number of amides is 2. The Labute approximate surface area is 109 Å². The van der Waals surface area contributed by atoms with E-state index < -0.39 is 12.1 Å². The van der Waals surface area contributed by atoms with Crippen LogP contribution in [0.4, 0.5) is 0 Å². The maximum atomic E-state index is 11.8. The van der Waals surface area contributed by atoms with Gasteiger partial charge in [0.2, 0.25) is 11.8 Å². The van der Waals surface area contributed by atoms with Crippen LogP contribution in [0.3, 0.4) is 0 Å². The number of nitrogens with two attached hydrogens (primary N) is 1. The fourth-order valence-corrected chi connectivity index (χ4v) is 1.19. The molecule has 6 nitrogen and oxygen atoms in total. The number of carbonyl (C=O) groups is 2. The van der Waals surface area contributed by atoms with Crippen molar-refractivity contribution < 1.29 is 14.3 Å². The molecule has 0 aliphatic rings. The van der Waals surface area contributed by atoms with E-state index in [1.807, 2.05) is 20.8 Å². The van der Waals surface area contributed by atoms with Gasteiger partial charge in [-0.25, -0.2) is 0 Å². The van der Waals surface area contributed by atoms with Crippen LogP contribution in [0.2, 0.25) is 0 Å². The Morgan fingerprint density at radius 1 is 1.28 bits per heavy atom. The second-order valence-electron chi connectivity index (χ2n) is 5.36. The zero-order valence-electron chi connectivity index (χ0n) is 11.9. The van der Waals surface area contributed by atoms with Gasteiger partial charge in [-0.05, 0) is 12.3 Å². The highest BCUT2D eigenvalue weighted by atomic mass is 16.5. The number of methoxy groups -OCH3 is 1. The SMILES string of the molecule is COCCNC(=O)C(C)NC(=O)C(N)C(C)(C)C. The second kappa shape index (κ2) is 7.33. The summed E-state index contributed by atoms with van der Waals surface area (Å²) >= 11 is 0. The molecule has 2 unspecified atom stereocenters. The Kier molecular flexibility index (Phi) is 6.86. The molecule has 0 aromatic rings. The predicted octanol–water partition coefficient (Wildman–Crippen LogP) is -0.373. The third kappa shape index (κ3) is 5.97. The molecular formula is C12H25N3O3. The third-order valence-corrected chi connectivity index (χ3v) is 2.57. The fraction of sp³-hybridized carbons (Fsp3) is 0.833. The van der Waals surface area contributed by atoms with Crippen molar-refractivity contribution in [1.29, 1.82) is 0 Å². The van der Waals surface area contributed by atoms with Crippen molar-refractivity contribution in [2.75, 3.05) is 20.3 Å². The van der Waals surface area contributed by atoms with Crippen LogP contribution in [-0.4, -0.2) is 44.2 Å². The Balaban J connectivity index is 4.18. The topological polar surface area (TPSA) is 93.5 Å². The van der Waals surface area contributed by atoms with E-state index in [1.165, 1.54) is 0 Å². The number of ether oxygens (including phenoxy) is 1. The molecular weight excluding hydrogens is 234 g/mol. The van der Waals surface area contributed by atoms with Gasteiger partial charge < -0.3 is 21.1 Å². The third-order valence-electron chi connectivity index (χ3n) is 2.57. The van der Waals surface area contributed by atoms with Gasteiger partial charge in [0.05, 0.1) is 12.6 Å². The Morgan fingerprint density at radius 2 is 1.83 bits per heavy atom. The Morgan fingerprint density at radius 3 is 2.28 bits per heavy atom. The van der Waals surface area contributed by atoms with Gasteiger partial charge in [-0.3, -0.25) is 9.59 Å². The van der Waals surface area contributed by atoms with Gasteiger partial charge in [0.1, 0.15) is 6.04 Å². The first-order valence-corrected chi connectivity index (χ1v) is 6.02. The summed E-state index contributed by atoms with van der Waals surface area (Å²) in [5.74, 6) is -0.571. The van der Waals surface area contributed by atoms with Crippen LogP contribution in [0.15, 0.2) is 0 Å². The molecule has 6 heteroatoms.